The lowest BCUT2D eigenvalue weighted by Crippen LogP contribution is -2.30. The highest BCUT2D eigenvalue weighted by Gasteiger charge is 2.18. The van der Waals surface area contributed by atoms with Crippen molar-refractivity contribution in [2.75, 3.05) is 31.1 Å². The van der Waals surface area contributed by atoms with Crippen LogP contribution in [0.15, 0.2) is 30.3 Å². The van der Waals surface area contributed by atoms with E-state index in [1.165, 1.54) is 17.0 Å². The van der Waals surface area contributed by atoms with Gasteiger partial charge < -0.3 is 4.90 Å². The van der Waals surface area contributed by atoms with Gasteiger partial charge >= 0.3 is 0 Å². The molecule has 0 spiro atoms. The second-order valence-electron chi connectivity index (χ2n) is 5.83. The fraction of sp³-hybridized carbons (Fsp3) is 0.529. The van der Waals surface area contributed by atoms with E-state index >= 15 is 0 Å². The summed E-state index contributed by atoms with van der Waals surface area (Å²) in [6.07, 6.45) is 3.38. The zero-order valence-corrected chi connectivity index (χ0v) is 14.1. The SMILES string of the molecule is CCCc1nnc(N2CCCN(Cc3ccccc3)CC2)s1. The van der Waals surface area contributed by atoms with Crippen LogP contribution in [-0.4, -0.2) is 41.3 Å². The Morgan fingerprint density at radius 1 is 1.05 bits per heavy atom. The van der Waals surface area contributed by atoms with E-state index in [0.717, 1.165) is 50.7 Å². The summed E-state index contributed by atoms with van der Waals surface area (Å²) in [5, 5.41) is 11.0. The molecule has 1 aliphatic heterocycles. The van der Waals surface area contributed by atoms with Gasteiger partial charge in [-0.3, -0.25) is 4.90 Å². The van der Waals surface area contributed by atoms with Crippen molar-refractivity contribution in [1.82, 2.24) is 15.1 Å². The van der Waals surface area contributed by atoms with Gasteiger partial charge in [0.25, 0.3) is 0 Å². The molecule has 0 saturated carbocycles. The van der Waals surface area contributed by atoms with Gasteiger partial charge in [0.2, 0.25) is 5.13 Å². The smallest absolute Gasteiger partial charge is 0.208 e. The number of aromatic nitrogens is 2. The van der Waals surface area contributed by atoms with E-state index in [0.29, 0.717) is 0 Å². The maximum absolute atomic E-state index is 4.39. The van der Waals surface area contributed by atoms with E-state index in [4.69, 9.17) is 0 Å². The van der Waals surface area contributed by atoms with E-state index in [-0.39, 0.29) is 0 Å². The third-order valence-corrected chi connectivity index (χ3v) is 5.07. The normalized spacial score (nSPS) is 16.7. The molecule has 5 heteroatoms. The summed E-state index contributed by atoms with van der Waals surface area (Å²) in [5.41, 5.74) is 1.40. The lowest BCUT2D eigenvalue weighted by molar-refractivity contribution is 0.285. The summed E-state index contributed by atoms with van der Waals surface area (Å²) in [5.74, 6) is 0. The van der Waals surface area contributed by atoms with Crippen molar-refractivity contribution in [3.8, 4) is 0 Å². The third kappa shape index (κ3) is 4.05. The van der Waals surface area contributed by atoms with Gasteiger partial charge in [0.1, 0.15) is 5.01 Å². The Kier molecular flexibility index (Phi) is 5.40. The molecule has 0 radical (unpaired) electrons. The van der Waals surface area contributed by atoms with Gasteiger partial charge in [-0.05, 0) is 18.4 Å². The van der Waals surface area contributed by atoms with Gasteiger partial charge in [-0.2, -0.15) is 0 Å². The molecule has 1 saturated heterocycles. The molecule has 0 atom stereocenters. The van der Waals surface area contributed by atoms with Gasteiger partial charge in [0.05, 0.1) is 0 Å². The molecule has 22 heavy (non-hydrogen) atoms. The van der Waals surface area contributed by atoms with Crippen LogP contribution in [0.4, 0.5) is 5.13 Å². The average Bonchev–Trinajstić information content (AvgIpc) is 2.88. The second-order valence-corrected chi connectivity index (χ2v) is 6.87. The van der Waals surface area contributed by atoms with Crippen LogP contribution in [0.3, 0.4) is 0 Å². The van der Waals surface area contributed by atoms with E-state index in [1.54, 1.807) is 11.3 Å². The van der Waals surface area contributed by atoms with Crippen LogP contribution >= 0.6 is 11.3 Å². The summed E-state index contributed by atoms with van der Waals surface area (Å²) in [4.78, 5) is 4.95. The van der Waals surface area contributed by atoms with E-state index in [9.17, 15) is 0 Å². The first-order chi connectivity index (χ1) is 10.8. The molecule has 1 aliphatic rings. The molecule has 118 valence electrons. The largest absolute Gasteiger partial charge is 0.345 e. The van der Waals surface area contributed by atoms with Gasteiger partial charge in [-0.1, -0.05) is 48.6 Å². The Hall–Kier alpha value is -1.46. The highest BCUT2D eigenvalue weighted by atomic mass is 32.1. The predicted octanol–water partition coefficient (Wildman–Crippen LogP) is 3.20. The fourth-order valence-corrected chi connectivity index (χ4v) is 3.84. The maximum atomic E-state index is 4.39. The predicted molar refractivity (Wildman–Crippen MR) is 92.5 cm³/mol. The molecular formula is C17H24N4S. The van der Waals surface area contributed by atoms with Crippen LogP contribution in [-0.2, 0) is 13.0 Å². The summed E-state index contributed by atoms with van der Waals surface area (Å²) in [6, 6.07) is 10.7. The van der Waals surface area contributed by atoms with Crippen molar-refractivity contribution in [1.29, 1.82) is 0 Å². The molecule has 0 N–H and O–H groups in total. The molecule has 0 unspecified atom stereocenters. The number of nitrogens with zero attached hydrogens (tertiary/aromatic N) is 4. The molecule has 4 nitrogen and oxygen atoms in total. The summed E-state index contributed by atoms with van der Waals surface area (Å²) >= 11 is 1.76. The lowest BCUT2D eigenvalue weighted by atomic mass is 10.2. The number of anilines is 1. The topological polar surface area (TPSA) is 32.3 Å². The van der Waals surface area contributed by atoms with Crippen molar-refractivity contribution in [2.45, 2.75) is 32.7 Å². The van der Waals surface area contributed by atoms with Crippen LogP contribution in [0.25, 0.3) is 0 Å². The molecule has 3 rings (SSSR count). The minimum Gasteiger partial charge on any atom is -0.345 e. The first kappa shape index (κ1) is 15.4. The molecule has 0 bridgehead atoms. The molecule has 1 aromatic carbocycles. The third-order valence-electron chi connectivity index (χ3n) is 4.03. The van der Waals surface area contributed by atoms with Crippen molar-refractivity contribution in [3.63, 3.8) is 0 Å². The highest BCUT2D eigenvalue weighted by molar-refractivity contribution is 7.15. The van der Waals surface area contributed by atoms with Gasteiger partial charge in [-0.25, -0.2) is 0 Å². The van der Waals surface area contributed by atoms with Crippen molar-refractivity contribution in [3.05, 3.63) is 40.9 Å². The highest BCUT2D eigenvalue weighted by Crippen LogP contribution is 2.22. The minimum atomic E-state index is 1.05. The van der Waals surface area contributed by atoms with Crippen LogP contribution in [0.1, 0.15) is 30.3 Å². The number of hydrogen-bond donors (Lipinski definition) is 0. The second kappa shape index (κ2) is 7.70. The zero-order valence-electron chi connectivity index (χ0n) is 13.2. The Labute approximate surface area is 136 Å². The molecule has 1 fully saturated rings. The van der Waals surface area contributed by atoms with Gasteiger partial charge in [-0.15, -0.1) is 10.2 Å². The summed E-state index contributed by atoms with van der Waals surface area (Å²) in [6.45, 7) is 7.63. The van der Waals surface area contributed by atoms with Gasteiger partial charge in [0.15, 0.2) is 0 Å². The van der Waals surface area contributed by atoms with E-state index in [2.05, 4.69) is 57.3 Å². The Bertz CT molecular complexity index is 569. The Balaban J connectivity index is 1.57. The molecular weight excluding hydrogens is 292 g/mol. The number of benzene rings is 1. The average molecular weight is 316 g/mol. The van der Waals surface area contributed by atoms with Crippen molar-refractivity contribution >= 4 is 16.5 Å². The molecule has 0 aliphatic carbocycles. The fourth-order valence-electron chi connectivity index (χ4n) is 2.85. The van der Waals surface area contributed by atoms with Crippen LogP contribution in [0.2, 0.25) is 0 Å². The Morgan fingerprint density at radius 2 is 1.91 bits per heavy atom. The first-order valence-electron chi connectivity index (χ1n) is 8.19. The number of hydrogen-bond acceptors (Lipinski definition) is 5. The molecule has 2 heterocycles. The van der Waals surface area contributed by atoms with E-state index in [1.807, 2.05) is 0 Å². The zero-order chi connectivity index (χ0) is 15.2. The van der Waals surface area contributed by atoms with Crippen molar-refractivity contribution < 1.29 is 0 Å². The Morgan fingerprint density at radius 3 is 2.73 bits per heavy atom. The number of aryl methyl sites for hydroxylation is 1. The number of rotatable bonds is 5. The summed E-state index contributed by atoms with van der Waals surface area (Å²) in [7, 11) is 0. The molecule has 0 amide bonds. The quantitative estimate of drug-likeness (QED) is 0.848. The van der Waals surface area contributed by atoms with Crippen LogP contribution < -0.4 is 4.90 Å². The lowest BCUT2D eigenvalue weighted by Gasteiger charge is -2.21. The van der Waals surface area contributed by atoms with Crippen LogP contribution in [0, 0.1) is 0 Å². The van der Waals surface area contributed by atoms with Crippen molar-refractivity contribution in [2.24, 2.45) is 0 Å². The molecule has 2 aromatic rings. The maximum Gasteiger partial charge on any atom is 0.208 e. The minimum absolute atomic E-state index is 1.05. The molecule has 1 aromatic heterocycles. The first-order valence-corrected chi connectivity index (χ1v) is 9.00. The standard InChI is InChI=1S/C17H24N4S/c1-2-7-16-18-19-17(22-16)21-11-6-10-20(12-13-21)14-15-8-4-3-5-9-15/h3-5,8-9H,2,6-7,10-14H2,1H3. The van der Waals surface area contributed by atoms with Gasteiger partial charge in [0, 0.05) is 39.1 Å². The van der Waals surface area contributed by atoms with E-state index < -0.39 is 0 Å². The van der Waals surface area contributed by atoms with Crippen LogP contribution in [0.5, 0.6) is 0 Å². The monoisotopic (exact) mass is 316 g/mol. The summed E-state index contributed by atoms with van der Waals surface area (Å²) < 4.78 is 0.